The van der Waals surface area contributed by atoms with E-state index in [4.69, 9.17) is 0 Å². The van der Waals surface area contributed by atoms with Crippen molar-refractivity contribution < 1.29 is 4.39 Å². The lowest BCUT2D eigenvalue weighted by molar-refractivity contribution is 0.636. The number of fused-ring (bicyclic) bond motifs is 1. The molecular weight excluding hydrogens is 267 g/mol. The lowest BCUT2D eigenvalue weighted by Crippen LogP contribution is -2.24. The molecule has 3 nitrogen and oxygen atoms in total. The van der Waals surface area contributed by atoms with Gasteiger partial charge in [0, 0.05) is 6.42 Å². The molecule has 0 bridgehead atoms. The van der Waals surface area contributed by atoms with Gasteiger partial charge in [-0.05, 0) is 31.2 Å². The molecule has 0 spiro atoms. The van der Waals surface area contributed by atoms with Crippen LogP contribution in [-0.4, -0.2) is 9.55 Å². The molecule has 0 atom stereocenters. The molecule has 21 heavy (non-hydrogen) atoms. The summed E-state index contributed by atoms with van der Waals surface area (Å²) in [5.74, 6) is 0.0930. The van der Waals surface area contributed by atoms with E-state index in [1.807, 2.05) is 38.1 Å². The second-order valence-electron chi connectivity index (χ2n) is 4.99. The topological polar surface area (TPSA) is 34.9 Å². The number of hydrogen-bond donors (Lipinski definition) is 0. The zero-order valence-electron chi connectivity index (χ0n) is 11.9. The Hall–Kier alpha value is -2.49. The summed E-state index contributed by atoms with van der Waals surface area (Å²) in [6.45, 7) is 3.91. The van der Waals surface area contributed by atoms with Crippen LogP contribution in [0.3, 0.4) is 0 Å². The van der Waals surface area contributed by atoms with Crippen molar-refractivity contribution in [1.29, 1.82) is 0 Å². The van der Waals surface area contributed by atoms with Crippen LogP contribution in [0.5, 0.6) is 0 Å². The van der Waals surface area contributed by atoms with Gasteiger partial charge in [0.1, 0.15) is 17.0 Å². The second-order valence-corrected chi connectivity index (χ2v) is 4.99. The minimum absolute atomic E-state index is 0.0373. The summed E-state index contributed by atoms with van der Waals surface area (Å²) in [4.78, 5) is 17.1. The summed E-state index contributed by atoms with van der Waals surface area (Å²) in [6, 6.07) is 12.1. The van der Waals surface area contributed by atoms with Crippen molar-refractivity contribution in [1.82, 2.24) is 9.55 Å². The van der Waals surface area contributed by atoms with Crippen LogP contribution >= 0.6 is 0 Å². The van der Waals surface area contributed by atoms with Crippen LogP contribution in [-0.2, 0) is 6.42 Å². The van der Waals surface area contributed by atoms with Gasteiger partial charge in [-0.25, -0.2) is 9.37 Å². The summed E-state index contributed by atoms with van der Waals surface area (Å²) in [6.07, 6.45) is 0.593. The largest absolute Gasteiger partial charge is 0.268 e. The van der Waals surface area contributed by atoms with E-state index in [1.54, 1.807) is 12.1 Å². The molecule has 106 valence electrons. The second kappa shape index (κ2) is 5.13. The molecule has 0 fully saturated rings. The molecule has 0 aliphatic rings. The van der Waals surface area contributed by atoms with Gasteiger partial charge in [-0.1, -0.05) is 30.7 Å². The summed E-state index contributed by atoms with van der Waals surface area (Å²) < 4.78 is 15.5. The van der Waals surface area contributed by atoms with Crippen LogP contribution in [0, 0.1) is 12.7 Å². The average molecular weight is 282 g/mol. The van der Waals surface area contributed by atoms with E-state index in [1.165, 1.54) is 10.6 Å². The van der Waals surface area contributed by atoms with E-state index >= 15 is 0 Å². The Balaban J connectivity index is 2.41. The average Bonchev–Trinajstić information content (AvgIpc) is 2.48. The van der Waals surface area contributed by atoms with Crippen LogP contribution in [0.2, 0.25) is 0 Å². The molecule has 0 saturated heterocycles. The lowest BCUT2D eigenvalue weighted by Gasteiger charge is -2.13. The highest BCUT2D eigenvalue weighted by Crippen LogP contribution is 2.16. The predicted molar refractivity (Wildman–Crippen MR) is 81.4 cm³/mol. The van der Waals surface area contributed by atoms with E-state index in [-0.39, 0.29) is 10.9 Å². The number of aromatic nitrogens is 2. The molecule has 0 amide bonds. The van der Waals surface area contributed by atoms with Crippen LogP contribution < -0.4 is 5.56 Å². The van der Waals surface area contributed by atoms with E-state index in [0.29, 0.717) is 23.4 Å². The molecule has 2 aromatic carbocycles. The Morgan fingerprint density at radius 1 is 1.14 bits per heavy atom. The zero-order chi connectivity index (χ0) is 15.0. The van der Waals surface area contributed by atoms with Gasteiger partial charge in [-0.15, -0.1) is 0 Å². The van der Waals surface area contributed by atoms with Gasteiger partial charge >= 0.3 is 0 Å². The van der Waals surface area contributed by atoms with Crippen LogP contribution in [0.15, 0.2) is 47.3 Å². The molecule has 0 saturated carbocycles. The van der Waals surface area contributed by atoms with Crippen molar-refractivity contribution in [2.24, 2.45) is 0 Å². The first kappa shape index (κ1) is 13.5. The Labute approximate surface area is 121 Å². The maximum atomic E-state index is 14.0. The number of rotatable bonds is 2. The van der Waals surface area contributed by atoms with E-state index < -0.39 is 5.82 Å². The van der Waals surface area contributed by atoms with Crippen molar-refractivity contribution in [2.45, 2.75) is 20.3 Å². The Bertz CT molecular complexity index is 866. The first-order valence-electron chi connectivity index (χ1n) is 6.89. The monoisotopic (exact) mass is 282 g/mol. The van der Waals surface area contributed by atoms with Crippen molar-refractivity contribution in [2.75, 3.05) is 0 Å². The third-order valence-electron chi connectivity index (χ3n) is 3.52. The predicted octanol–water partition coefficient (Wildman–Crippen LogP) is 3.40. The van der Waals surface area contributed by atoms with Crippen LogP contribution in [0.1, 0.15) is 18.3 Å². The quantitative estimate of drug-likeness (QED) is 0.722. The third kappa shape index (κ3) is 2.23. The molecule has 0 aliphatic carbocycles. The summed E-state index contributed by atoms with van der Waals surface area (Å²) in [7, 11) is 0. The third-order valence-corrected chi connectivity index (χ3v) is 3.52. The van der Waals surface area contributed by atoms with E-state index in [9.17, 15) is 9.18 Å². The number of halogens is 1. The lowest BCUT2D eigenvalue weighted by atomic mass is 10.2. The maximum absolute atomic E-state index is 14.0. The van der Waals surface area contributed by atoms with Gasteiger partial charge < -0.3 is 0 Å². The first-order valence-corrected chi connectivity index (χ1v) is 6.89. The standard InChI is InChI=1S/C17H15FN2O/c1-3-15-19-14-6-4-5-13(18)16(14)17(21)20(15)12-9-7-11(2)8-10-12/h4-10H,3H2,1-2H3. The molecule has 1 heterocycles. The molecule has 3 rings (SSSR count). The van der Waals surface area contributed by atoms with Crippen molar-refractivity contribution >= 4 is 10.9 Å². The molecule has 0 N–H and O–H groups in total. The van der Waals surface area contributed by atoms with Crippen molar-refractivity contribution in [3.8, 4) is 5.69 Å². The van der Waals surface area contributed by atoms with Gasteiger partial charge in [0.25, 0.3) is 5.56 Å². The molecule has 0 aliphatic heterocycles. The minimum atomic E-state index is -0.534. The summed E-state index contributed by atoms with van der Waals surface area (Å²) >= 11 is 0. The molecule has 1 aromatic heterocycles. The highest BCUT2D eigenvalue weighted by molar-refractivity contribution is 5.78. The van der Waals surface area contributed by atoms with Crippen LogP contribution in [0.4, 0.5) is 4.39 Å². The van der Waals surface area contributed by atoms with Gasteiger partial charge in [0.05, 0.1) is 11.2 Å². The van der Waals surface area contributed by atoms with Gasteiger partial charge in [0.2, 0.25) is 0 Å². The molecular formula is C17H15FN2O. The summed E-state index contributed by atoms with van der Waals surface area (Å²) in [5.41, 5.74) is 1.85. The maximum Gasteiger partial charge on any atom is 0.268 e. The molecule has 4 heteroatoms. The van der Waals surface area contributed by atoms with E-state index in [2.05, 4.69) is 4.98 Å². The number of aryl methyl sites for hydroxylation is 2. The van der Waals surface area contributed by atoms with E-state index in [0.717, 1.165) is 5.56 Å². The Kier molecular flexibility index (Phi) is 3.29. The normalized spacial score (nSPS) is 11.0. The van der Waals surface area contributed by atoms with Gasteiger partial charge in [0.15, 0.2) is 0 Å². The fraction of sp³-hybridized carbons (Fsp3) is 0.176. The smallest absolute Gasteiger partial charge is 0.268 e. The minimum Gasteiger partial charge on any atom is -0.268 e. The fourth-order valence-corrected chi connectivity index (χ4v) is 2.43. The Morgan fingerprint density at radius 2 is 1.86 bits per heavy atom. The van der Waals surface area contributed by atoms with Crippen molar-refractivity contribution in [3.63, 3.8) is 0 Å². The van der Waals surface area contributed by atoms with Gasteiger partial charge in [-0.3, -0.25) is 9.36 Å². The molecule has 3 aromatic rings. The number of benzene rings is 2. The highest BCUT2D eigenvalue weighted by atomic mass is 19.1. The van der Waals surface area contributed by atoms with Crippen LogP contribution in [0.25, 0.3) is 16.6 Å². The number of nitrogens with zero attached hydrogens (tertiary/aromatic N) is 2. The molecule has 0 radical (unpaired) electrons. The number of hydrogen-bond acceptors (Lipinski definition) is 2. The SMILES string of the molecule is CCc1nc2cccc(F)c2c(=O)n1-c1ccc(C)cc1. The fourth-order valence-electron chi connectivity index (χ4n) is 2.43. The highest BCUT2D eigenvalue weighted by Gasteiger charge is 2.14. The zero-order valence-corrected chi connectivity index (χ0v) is 11.9. The molecule has 0 unspecified atom stereocenters. The summed E-state index contributed by atoms with van der Waals surface area (Å²) in [5, 5.41) is 0.0373. The van der Waals surface area contributed by atoms with Gasteiger partial charge in [-0.2, -0.15) is 0 Å². The van der Waals surface area contributed by atoms with Crippen molar-refractivity contribution in [3.05, 3.63) is 70.0 Å². The first-order chi connectivity index (χ1) is 10.1. The Morgan fingerprint density at radius 3 is 2.52 bits per heavy atom.